The van der Waals surface area contributed by atoms with E-state index in [-0.39, 0.29) is 0 Å². The van der Waals surface area contributed by atoms with Gasteiger partial charge in [-0.05, 0) is 100 Å². The Morgan fingerprint density at radius 3 is 1.85 bits per heavy atom. The minimum absolute atomic E-state index is 1.11. The smallest absolute Gasteiger partial charge is 0.0547 e. The lowest BCUT2D eigenvalue weighted by Crippen LogP contribution is -2.10. The van der Waals surface area contributed by atoms with Crippen molar-refractivity contribution in [2.75, 3.05) is 4.90 Å². The van der Waals surface area contributed by atoms with Gasteiger partial charge >= 0.3 is 0 Å². The molecule has 9 aromatic carbocycles. The fourth-order valence-corrected chi connectivity index (χ4v) is 9.43. The second-order valence-corrected chi connectivity index (χ2v) is 14.8. The van der Waals surface area contributed by atoms with Gasteiger partial charge in [-0.1, -0.05) is 121 Å². The first-order valence-corrected chi connectivity index (χ1v) is 18.9. The Morgan fingerprint density at radius 2 is 1.00 bits per heavy atom. The average Bonchev–Trinajstić information content (AvgIpc) is 3.76. The van der Waals surface area contributed by atoms with E-state index in [1.54, 1.807) is 0 Å². The first-order valence-electron chi connectivity index (χ1n) is 18.1. The lowest BCUT2D eigenvalue weighted by molar-refractivity contribution is 1.18. The molecule has 3 heteroatoms. The molecule has 0 saturated carbocycles. The van der Waals surface area contributed by atoms with Crippen molar-refractivity contribution in [3.8, 4) is 16.8 Å². The van der Waals surface area contributed by atoms with Gasteiger partial charge in [0.25, 0.3) is 0 Å². The predicted octanol–water partition coefficient (Wildman–Crippen LogP) is 14.6. The Balaban J connectivity index is 1.16. The SMILES string of the molecule is c1ccc(-c2ccc(N(c3ccc4ccccc4c3)c3ccc4c(c3)c3cc5ccc6c7ccccc7sc6c5cc3n4-c3ccccc3)cc2)cc1. The van der Waals surface area contributed by atoms with Gasteiger partial charge in [-0.2, -0.15) is 0 Å². The normalized spacial score (nSPS) is 11.8. The third kappa shape index (κ3) is 4.86. The fraction of sp³-hybridized carbons (Fsp3) is 0. The molecule has 0 atom stereocenters. The summed E-state index contributed by atoms with van der Waals surface area (Å²) in [5, 5.41) is 10.1. The molecule has 11 rings (SSSR count). The summed E-state index contributed by atoms with van der Waals surface area (Å²) in [6.45, 7) is 0. The lowest BCUT2D eigenvalue weighted by atomic mass is 10.0. The summed E-state index contributed by atoms with van der Waals surface area (Å²) >= 11 is 1.89. The van der Waals surface area contributed by atoms with Crippen LogP contribution < -0.4 is 4.90 Å². The molecule has 0 bridgehead atoms. The van der Waals surface area contributed by atoms with Gasteiger partial charge in [-0.25, -0.2) is 0 Å². The highest BCUT2D eigenvalue weighted by atomic mass is 32.1. The van der Waals surface area contributed by atoms with Gasteiger partial charge in [0.05, 0.1) is 11.0 Å². The molecule has 0 spiro atoms. The van der Waals surface area contributed by atoms with Crippen LogP contribution in [-0.4, -0.2) is 4.57 Å². The number of rotatable bonds is 5. The number of thiophene rings is 1. The van der Waals surface area contributed by atoms with Crippen molar-refractivity contribution in [3.05, 3.63) is 194 Å². The molecule has 11 aromatic rings. The second-order valence-electron chi connectivity index (χ2n) is 13.8. The summed E-state index contributed by atoms with van der Waals surface area (Å²) in [7, 11) is 0. The highest BCUT2D eigenvalue weighted by Crippen LogP contribution is 2.44. The zero-order valence-corrected chi connectivity index (χ0v) is 29.6. The Bertz CT molecular complexity index is 3160. The van der Waals surface area contributed by atoms with E-state index < -0.39 is 0 Å². The van der Waals surface area contributed by atoms with E-state index in [0.29, 0.717) is 0 Å². The van der Waals surface area contributed by atoms with Crippen LogP contribution in [0, 0.1) is 0 Å². The quantitative estimate of drug-likeness (QED) is 0.174. The highest BCUT2D eigenvalue weighted by Gasteiger charge is 2.19. The van der Waals surface area contributed by atoms with E-state index in [9.17, 15) is 0 Å². The number of hydrogen-bond acceptors (Lipinski definition) is 2. The zero-order chi connectivity index (χ0) is 34.9. The molecule has 53 heavy (non-hydrogen) atoms. The predicted molar refractivity (Wildman–Crippen MR) is 229 cm³/mol. The van der Waals surface area contributed by atoms with Crippen LogP contribution in [0.25, 0.3) is 80.3 Å². The van der Waals surface area contributed by atoms with E-state index >= 15 is 0 Å². The topological polar surface area (TPSA) is 8.17 Å². The molecule has 2 nitrogen and oxygen atoms in total. The van der Waals surface area contributed by atoms with E-state index in [1.807, 2.05) is 11.3 Å². The molecule has 0 radical (unpaired) electrons. The molecule has 0 N–H and O–H groups in total. The van der Waals surface area contributed by atoms with Crippen LogP contribution in [0.3, 0.4) is 0 Å². The van der Waals surface area contributed by atoms with E-state index in [1.165, 1.54) is 74.6 Å². The summed E-state index contributed by atoms with van der Waals surface area (Å²) in [5.74, 6) is 0. The summed E-state index contributed by atoms with van der Waals surface area (Å²) in [6.07, 6.45) is 0. The molecule has 2 heterocycles. The van der Waals surface area contributed by atoms with Crippen LogP contribution in [0.15, 0.2) is 194 Å². The number of para-hydroxylation sites is 1. The molecule has 0 fully saturated rings. The third-order valence-corrected chi connectivity index (χ3v) is 11.9. The number of nitrogens with zero attached hydrogens (tertiary/aromatic N) is 2. The minimum atomic E-state index is 1.11. The highest BCUT2D eigenvalue weighted by molar-refractivity contribution is 7.26. The van der Waals surface area contributed by atoms with Crippen molar-refractivity contribution < 1.29 is 0 Å². The molecule has 0 aliphatic heterocycles. The maximum Gasteiger partial charge on any atom is 0.0547 e. The van der Waals surface area contributed by atoms with E-state index in [4.69, 9.17) is 0 Å². The summed E-state index contributed by atoms with van der Waals surface area (Å²) in [4.78, 5) is 2.40. The number of fused-ring (bicyclic) bond motifs is 9. The van der Waals surface area contributed by atoms with Crippen molar-refractivity contribution >= 4 is 91.9 Å². The molecule has 248 valence electrons. The maximum absolute atomic E-state index is 2.44. The van der Waals surface area contributed by atoms with Crippen molar-refractivity contribution in [2.45, 2.75) is 0 Å². The fourth-order valence-electron chi connectivity index (χ4n) is 8.20. The van der Waals surface area contributed by atoms with Crippen LogP contribution in [0.5, 0.6) is 0 Å². The molecule has 2 aromatic heterocycles. The van der Waals surface area contributed by atoms with Crippen molar-refractivity contribution in [3.63, 3.8) is 0 Å². The second kappa shape index (κ2) is 11.9. The Labute approximate surface area is 311 Å². The largest absolute Gasteiger partial charge is 0.310 e. The van der Waals surface area contributed by atoms with Gasteiger partial charge in [0.1, 0.15) is 0 Å². The molecule has 0 aliphatic rings. The Morgan fingerprint density at radius 1 is 0.358 bits per heavy atom. The third-order valence-electron chi connectivity index (χ3n) is 10.7. The van der Waals surface area contributed by atoms with Gasteiger partial charge in [0.2, 0.25) is 0 Å². The Hall–Kier alpha value is -6.68. The lowest BCUT2D eigenvalue weighted by Gasteiger charge is -2.26. The molecule has 0 amide bonds. The molecular formula is C50H32N2S. The minimum Gasteiger partial charge on any atom is -0.310 e. The monoisotopic (exact) mass is 692 g/mol. The summed E-state index contributed by atoms with van der Waals surface area (Å²) in [5.41, 5.74) is 9.34. The number of aromatic nitrogens is 1. The van der Waals surface area contributed by atoms with Crippen LogP contribution in [0.1, 0.15) is 0 Å². The number of anilines is 3. The van der Waals surface area contributed by atoms with Crippen LogP contribution in [0.2, 0.25) is 0 Å². The average molecular weight is 693 g/mol. The molecule has 0 aliphatic carbocycles. The molecular weight excluding hydrogens is 661 g/mol. The molecule has 0 saturated heterocycles. The molecule has 0 unspecified atom stereocenters. The van der Waals surface area contributed by atoms with Crippen LogP contribution >= 0.6 is 11.3 Å². The number of hydrogen-bond donors (Lipinski definition) is 0. The zero-order valence-electron chi connectivity index (χ0n) is 28.8. The van der Waals surface area contributed by atoms with Crippen molar-refractivity contribution in [2.24, 2.45) is 0 Å². The van der Waals surface area contributed by atoms with Gasteiger partial charge in [0.15, 0.2) is 0 Å². The summed E-state index contributed by atoms with van der Waals surface area (Å²) in [6, 6.07) is 71.0. The van der Waals surface area contributed by atoms with E-state index in [0.717, 1.165) is 22.7 Å². The van der Waals surface area contributed by atoms with E-state index in [2.05, 4.69) is 204 Å². The first kappa shape index (κ1) is 30.0. The Kier molecular flexibility index (Phi) is 6.76. The van der Waals surface area contributed by atoms with Gasteiger partial charge in [-0.3, -0.25) is 0 Å². The standard InChI is InChI=1S/C50H32N2S/c1-3-11-33(12-4-1)35-19-23-39(24-20-35)51(40-25-21-34-13-7-8-14-36(34)29-40)41-26-28-47-46(31-41)45-30-37-22-27-43-42-17-9-10-18-49(42)53-50(43)44(37)32-48(45)52(47)38-15-5-2-6-16-38/h1-32H. The number of benzene rings is 9. The van der Waals surface area contributed by atoms with Gasteiger partial charge in [0, 0.05) is 59.1 Å². The van der Waals surface area contributed by atoms with Crippen LogP contribution in [-0.2, 0) is 0 Å². The first-order chi connectivity index (χ1) is 26.3. The van der Waals surface area contributed by atoms with Crippen molar-refractivity contribution in [1.82, 2.24) is 4.57 Å². The van der Waals surface area contributed by atoms with Crippen molar-refractivity contribution in [1.29, 1.82) is 0 Å². The van der Waals surface area contributed by atoms with Gasteiger partial charge in [-0.15, -0.1) is 11.3 Å². The van der Waals surface area contributed by atoms with Gasteiger partial charge < -0.3 is 9.47 Å². The summed E-state index contributed by atoms with van der Waals surface area (Å²) < 4.78 is 5.11. The maximum atomic E-state index is 2.44. The van der Waals surface area contributed by atoms with Crippen LogP contribution in [0.4, 0.5) is 17.1 Å².